The number of aryl methyl sites for hydroxylation is 1. The van der Waals surface area contributed by atoms with Crippen molar-refractivity contribution in [3.63, 3.8) is 0 Å². The summed E-state index contributed by atoms with van der Waals surface area (Å²) in [6.45, 7) is 3.19. The van der Waals surface area contributed by atoms with Gasteiger partial charge < -0.3 is 5.32 Å². The van der Waals surface area contributed by atoms with Gasteiger partial charge in [0.15, 0.2) is 0 Å². The van der Waals surface area contributed by atoms with E-state index < -0.39 is 0 Å². The topological polar surface area (TPSA) is 45.2 Å². The van der Waals surface area contributed by atoms with Gasteiger partial charge in [-0.1, -0.05) is 6.92 Å². The number of nitrogens with one attached hydrogen (secondary N) is 1. The molecule has 2 aromatic rings. The van der Waals surface area contributed by atoms with Gasteiger partial charge in [-0.2, -0.15) is 0 Å². The molecule has 4 rings (SSSR count). The molecule has 4 heterocycles. The Morgan fingerprint density at radius 2 is 2.24 bits per heavy atom. The molecule has 2 saturated heterocycles. The number of thiazole rings is 1. The summed E-state index contributed by atoms with van der Waals surface area (Å²) in [6, 6.07) is 5.36. The average molecular weight is 376 g/mol. The van der Waals surface area contributed by atoms with Crippen LogP contribution in [0.2, 0.25) is 0 Å². The molecule has 2 fully saturated rings. The van der Waals surface area contributed by atoms with Crippen LogP contribution in [0.15, 0.2) is 23.0 Å². The number of hydrogen-bond donors (Lipinski definition) is 1. The minimum atomic E-state index is -0.323. The van der Waals surface area contributed by atoms with E-state index in [1.54, 1.807) is 18.4 Å². The van der Waals surface area contributed by atoms with E-state index in [2.05, 4.69) is 39.6 Å². The standard InChI is InChI=1S/C19H25N3OS2/c1-3-15-5-6-16(25-15)10-22-14-4-7-17(22)19(9-14,18(23)20-2)8-13-11-24-12-21-13/h5-6,11-12,14,17H,3-4,7-10H2,1-2H3,(H,20,23)/t14-,17+,19+/m1/s1. The summed E-state index contributed by atoms with van der Waals surface area (Å²) in [7, 11) is 1.77. The summed E-state index contributed by atoms with van der Waals surface area (Å²) in [4.78, 5) is 22.9. The van der Waals surface area contributed by atoms with Crippen molar-refractivity contribution < 1.29 is 4.79 Å². The molecule has 0 radical (unpaired) electrons. The van der Waals surface area contributed by atoms with Crippen LogP contribution >= 0.6 is 22.7 Å². The Morgan fingerprint density at radius 3 is 2.92 bits per heavy atom. The predicted octanol–water partition coefficient (Wildman–Crippen LogP) is 3.48. The molecule has 0 aromatic carbocycles. The van der Waals surface area contributed by atoms with Gasteiger partial charge in [0.05, 0.1) is 16.6 Å². The van der Waals surface area contributed by atoms with E-state index in [9.17, 15) is 4.79 Å². The highest BCUT2D eigenvalue weighted by Gasteiger charge is 2.59. The maximum absolute atomic E-state index is 12.9. The summed E-state index contributed by atoms with van der Waals surface area (Å²) >= 11 is 3.53. The van der Waals surface area contributed by atoms with Crippen LogP contribution in [0.1, 0.15) is 41.6 Å². The quantitative estimate of drug-likeness (QED) is 0.841. The van der Waals surface area contributed by atoms with Crippen LogP contribution < -0.4 is 5.32 Å². The smallest absolute Gasteiger partial charge is 0.228 e. The van der Waals surface area contributed by atoms with Crippen molar-refractivity contribution in [3.05, 3.63) is 38.5 Å². The monoisotopic (exact) mass is 375 g/mol. The molecule has 3 atom stereocenters. The zero-order chi connectivity index (χ0) is 17.4. The van der Waals surface area contributed by atoms with E-state index in [0.717, 1.165) is 37.9 Å². The molecule has 25 heavy (non-hydrogen) atoms. The summed E-state index contributed by atoms with van der Waals surface area (Å²) in [5, 5.41) is 5.05. The third-order valence-corrected chi connectivity index (χ3v) is 7.79. The third kappa shape index (κ3) is 2.94. The lowest BCUT2D eigenvalue weighted by Gasteiger charge is -2.35. The van der Waals surface area contributed by atoms with Crippen LogP contribution in [0.25, 0.3) is 0 Å². The number of thiophene rings is 1. The van der Waals surface area contributed by atoms with Gasteiger partial charge in [-0.3, -0.25) is 9.69 Å². The van der Waals surface area contributed by atoms with Gasteiger partial charge in [0, 0.05) is 47.2 Å². The lowest BCUT2D eigenvalue weighted by molar-refractivity contribution is -0.132. The zero-order valence-electron chi connectivity index (χ0n) is 14.8. The number of carbonyl (C=O) groups is 1. The Balaban J connectivity index is 1.60. The van der Waals surface area contributed by atoms with Crippen molar-refractivity contribution in [2.75, 3.05) is 7.05 Å². The fourth-order valence-electron chi connectivity index (χ4n) is 4.83. The van der Waals surface area contributed by atoms with E-state index in [4.69, 9.17) is 0 Å². The molecule has 4 nitrogen and oxygen atoms in total. The second-order valence-corrected chi connectivity index (χ2v) is 9.21. The number of fused-ring (bicyclic) bond motifs is 2. The predicted molar refractivity (Wildman–Crippen MR) is 103 cm³/mol. The summed E-state index contributed by atoms with van der Waals surface area (Å²) in [6.07, 6.45) is 5.16. The second kappa shape index (κ2) is 6.82. The van der Waals surface area contributed by atoms with Crippen molar-refractivity contribution in [2.24, 2.45) is 5.41 Å². The van der Waals surface area contributed by atoms with Gasteiger partial charge in [0.2, 0.25) is 5.91 Å². The first kappa shape index (κ1) is 17.2. The van der Waals surface area contributed by atoms with Crippen molar-refractivity contribution in [3.8, 4) is 0 Å². The molecule has 134 valence electrons. The van der Waals surface area contributed by atoms with E-state index in [1.807, 2.05) is 16.8 Å². The molecule has 2 aliphatic rings. The van der Waals surface area contributed by atoms with Gasteiger partial charge in [0.25, 0.3) is 0 Å². The van der Waals surface area contributed by atoms with Gasteiger partial charge in [0.1, 0.15) is 0 Å². The largest absolute Gasteiger partial charge is 0.359 e. The molecule has 0 spiro atoms. The Morgan fingerprint density at radius 1 is 1.40 bits per heavy atom. The number of amides is 1. The fraction of sp³-hybridized carbons (Fsp3) is 0.579. The molecule has 2 bridgehead atoms. The molecule has 6 heteroatoms. The molecule has 1 amide bonds. The maximum atomic E-state index is 12.9. The van der Waals surface area contributed by atoms with Crippen molar-refractivity contribution in [2.45, 2.75) is 57.7 Å². The van der Waals surface area contributed by atoms with Crippen molar-refractivity contribution >= 4 is 28.6 Å². The minimum Gasteiger partial charge on any atom is -0.359 e. The number of hydrogen-bond acceptors (Lipinski definition) is 5. The Kier molecular flexibility index (Phi) is 4.69. The summed E-state index contributed by atoms with van der Waals surface area (Å²) in [5.41, 5.74) is 2.61. The second-order valence-electron chi connectivity index (χ2n) is 7.24. The van der Waals surface area contributed by atoms with Crippen LogP contribution in [-0.2, 0) is 24.2 Å². The summed E-state index contributed by atoms with van der Waals surface area (Å²) < 4.78 is 0. The van der Waals surface area contributed by atoms with E-state index in [1.165, 1.54) is 16.2 Å². The molecule has 0 aliphatic carbocycles. The normalized spacial score (nSPS) is 28.6. The van der Waals surface area contributed by atoms with Crippen LogP contribution in [0.4, 0.5) is 0 Å². The highest BCUT2D eigenvalue weighted by molar-refractivity contribution is 7.12. The van der Waals surface area contributed by atoms with Crippen LogP contribution in [0, 0.1) is 5.41 Å². The highest BCUT2D eigenvalue weighted by atomic mass is 32.1. The van der Waals surface area contributed by atoms with Crippen molar-refractivity contribution in [1.82, 2.24) is 15.2 Å². The van der Waals surface area contributed by atoms with Gasteiger partial charge in [-0.15, -0.1) is 22.7 Å². The molecular formula is C19H25N3OS2. The van der Waals surface area contributed by atoms with Crippen LogP contribution in [-0.4, -0.2) is 34.9 Å². The first-order valence-electron chi connectivity index (χ1n) is 9.09. The number of rotatable bonds is 6. The molecule has 2 aromatic heterocycles. The Labute approximate surface area is 157 Å². The highest BCUT2D eigenvalue weighted by Crippen LogP contribution is 2.52. The minimum absolute atomic E-state index is 0.193. The number of aromatic nitrogens is 1. The van der Waals surface area contributed by atoms with E-state index >= 15 is 0 Å². The van der Waals surface area contributed by atoms with E-state index in [0.29, 0.717) is 12.1 Å². The zero-order valence-corrected chi connectivity index (χ0v) is 16.5. The number of nitrogens with zero attached hydrogens (tertiary/aromatic N) is 2. The third-order valence-electron chi connectivity index (χ3n) is 5.94. The maximum Gasteiger partial charge on any atom is 0.228 e. The van der Waals surface area contributed by atoms with Gasteiger partial charge in [-0.05, 0) is 37.8 Å². The van der Waals surface area contributed by atoms with Gasteiger partial charge >= 0.3 is 0 Å². The Bertz CT molecular complexity index is 742. The molecule has 0 saturated carbocycles. The SMILES string of the molecule is CCc1ccc(CN2[C@@H]3CC[C@H]2[C@@](Cc2cscn2)(C(=O)NC)C3)s1. The van der Waals surface area contributed by atoms with Crippen LogP contribution in [0.5, 0.6) is 0 Å². The van der Waals surface area contributed by atoms with Gasteiger partial charge in [-0.25, -0.2) is 4.98 Å². The first-order chi connectivity index (χ1) is 12.2. The fourth-order valence-corrected chi connectivity index (χ4v) is 6.36. The molecule has 1 N–H and O–H groups in total. The van der Waals surface area contributed by atoms with Crippen LogP contribution in [0.3, 0.4) is 0 Å². The molecule has 0 unspecified atom stereocenters. The molecule has 2 aliphatic heterocycles. The lowest BCUT2D eigenvalue weighted by Crippen LogP contribution is -2.49. The summed E-state index contributed by atoms with van der Waals surface area (Å²) in [5.74, 6) is 0.193. The Hall–Kier alpha value is -1.24. The molecular weight excluding hydrogens is 350 g/mol. The van der Waals surface area contributed by atoms with Crippen molar-refractivity contribution in [1.29, 1.82) is 0 Å². The van der Waals surface area contributed by atoms with E-state index in [-0.39, 0.29) is 11.3 Å². The first-order valence-corrected chi connectivity index (χ1v) is 10.8. The average Bonchev–Trinajstić information content (AvgIpc) is 3.40. The number of carbonyl (C=O) groups excluding carboxylic acids is 1. The lowest BCUT2D eigenvalue weighted by atomic mass is 9.70.